The lowest BCUT2D eigenvalue weighted by Crippen LogP contribution is -2.13. The first-order chi connectivity index (χ1) is 19.8. The lowest BCUT2D eigenvalue weighted by molar-refractivity contribution is 1.11. The second-order valence-electron chi connectivity index (χ2n) is 10.2. The minimum absolute atomic E-state index is 0.631. The molecule has 8 heteroatoms. The van der Waals surface area contributed by atoms with Crippen LogP contribution in [0.3, 0.4) is 0 Å². The average Bonchev–Trinajstić information content (AvgIpc) is 3.73. The lowest BCUT2D eigenvalue weighted by Gasteiger charge is -2.09. The zero-order valence-corrected chi connectivity index (χ0v) is 21.3. The Labute approximate surface area is 227 Å². The van der Waals surface area contributed by atoms with Gasteiger partial charge in [0.15, 0.2) is 11.7 Å². The van der Waals surface area contributed by atoms with Crippen molar-refractivity contribution >= 4 is 56.5 Å². The maximum atomic E-state index is 5.10. The fourth-order valence-corrected chi connectivity index (χ4v) is 5.99. The van der Waals surface area contributed by atoms with E-state index in [0.29, 0.717) is 11.7 Å². The molecule has 0 saturated heterocycles. The van der Waals surface area contributed by atoms with Gasteiger partial charge in [0.05, 0.1) is 0 Å². The molecule has 3 aromatic heterocycles. The van der Waals surface area contributed by atoms with Crippen LogP contribution in [-0.4, -0.2) is 26.6 Å². The number of aromatic amines is 3. The SMILES string of the molecule is C1=CCc2c3[nH]c(c2C1)N=C1N=C(N=c2[nH]/c(c4ccccc24)=N\c2[nH]c(c4ccccc24)N3)c2ccccc21. The summed E-state index contributed by atoms with van der Waals surface area (Å²) in [5, 5.41) is 7.73. The number of nitrogens with zero attached hydrogens (tertiary/aromatic N) is 4. The Hall–Kier alpha value is -5.50. The van der Waals surface area contributed by atoms with Gasteiger partial charge in [-0.25, -0.2) is 20.0 Å². The van der Waals surface area contributed by atoms with E-state index in [4.69, 9.17) is 20.0 Å². The van der Waals surface area contributed by atoms with Crippen LogP contribution in [0.5, 0.6) is 0 Å². The molecular formula is C32H22N8. The summed E-state index contributed by atoms with van der Waals surface area (Å²) >= 11 is 0. The Bertz CT molecular complexity index is 2250. The number of hydrogen-bond donors (Lipinski definition) is 4. The number of nitrogens with one attached hydrogen (secondary N) is 4. The van der Waals surface area contributed by atoms with Crippen molar-refractivity contribution in [1.29, 1.82) is 0 Å². The molecule has 40 heavy (non-hydrogen) atoms. The summed E-state index contributed by atoms with van der Waals surface area (Å²) in [4.78, 5) is 30.8. The quantitative estimate of drug-likeness (QED) is 0.187. The number of benzene rings is 3. The number of hydrogen-bond acceptors (Lipinski definition) is 5. The van der Waals surface area contributed by atoms with Gasteiger partial charge >= 0.3 is 0 Å². The predicted octanol–water partition coefficient (Wildman–Crippen LogP) is 5.80. The van der Waals surface area contributed by atoms with Gasteiger partial charge in [0, 0.05) is 43.8 Å². The fourth-order valence-electron chi connectivity index (χ4n) is 5.99. The molecule has 0 unspecified atom stereocenters. The van der Waals surface area contributed by atoms with E-state index in [-0.39, 0.29) is 0 Å². The molecule has 8 nitrogen and oxygen atoms in total. The largest absolute Gasteiger partial charge is 0.327 e. The van der Waals surface area contributed by atoms with Gasteiger partial charge in [0.25, 0.3) is 0 Å². The van der Waals surface area contributed by atoms with Crippen molar-refractivity contribution in [2.45, 2.75) is 12.8 Å². The second-order valence-corrected chi connectivity index (χ2v) is 10.2. The molecule has 1 aliphatic carbocycles. The molecule has 0 spiro atoms. The van der Waals surface area contributed by atoms with Crippen LogP contribution >= 0.6 is 0 Å². The predicted molar refractivity (Wildman–Crippen MR) is 158 cm³/mol. The third-order valence-electron chi connectivity index (χ3n) is 7.90. The van der Waals surface area contributed by atoms with Crippen molar-refractivity contribution < 1.29 is 0 Å². The summed E-state index contributed by atoms with van der Waals surface area (Å²) in [7, 11) is 0. The van der Waals surface area contributed by atoms with Crippen molar-refractivity contribution in [3.63, 3.8) is 0 Å². The molecular weight excluding hydrogens is 496 g/mol. The molecule has 2 aliphatic heterocycles. The molecule has 0 radical (unpaired) electrons. The van der Waals surface area contributed by atoms with Crippen LogP contribution in [0.1, 0.15) is 22.3 Å². The highest BCUT2D eigenvalue weighted by molar-refractivity contribution is 6.23. The zero-order chi connectivity index (χ0) is 26.2. The van der Waals surface area contributed by atoms with Crippen LogP contribution in [0.4, 0.5) is 23.3 Å². The summed E-state index contributed by atoms with van der Waals surface area (Å²) in [6.07, 6.45) is 6.05. The summed E-state index contributed by atoms with van der Waals surface area (Å²) in [6, 6.07) is 24.6. The van der Waals surface area contributed by atoms with Crippen molar-refractivity contribution in [2.75, 3.05) is 5.32 Å². The first-order valence-corrected chi connectivity index (χ1v) is 13.4. The van der Waals surface area contributed by atoms with E-state index in [1.54, 1.807) is 0 Å². The lowest BCUT2D eigenvalue weighted by atomic mass is 10.0. The summed E-state index contributed by atoms with van der Waals surface area (Å²) < 4.78 is 0. The van der Waals surface area contributed by atoms with Gasteiger partial charge in [-0.05, 0) is 12.8 Å². The minimum atomic E-state index is 0.631. The number of fused-ring (bicyclic) bond motifs is 19. The van der Waals surface area contributed by atoms with Crippen molar-refractivity contribution in [2.24, 2.45) is 20.0 Å². The number of amidine groups is 2. The summed E-state index contributed by atoms with van der Waals surface area (Å²) in [6.45, 7) is 0. The molecule has 6 aromatic rings. The zero-order valence-electron chi connectivity index (χ0n) is 21.3. The van der Waals surface area contributed by atoms with Crippen LogP contribution in [0.25, 0.3) is 21.5 Å². The van der Waals surface area contributed by atoms with E-state index >= 15 is 0 Å². The number of H-pyrrole nitrogens is 3. The normalized spacial score (nSPS) is 15.9. The van der Waals surface area contributed by atoms with Crippen LogP contribution in [0.2, 0.25) is 0 Å². The Kier molecular flexibility index (Phi) is 4.29. The standard InChI is InChI=1S/C32H22N8/c1-2-10-18-17(9-1)25-33-26(18)38-28-21-13-5-6-14-22(21)30(35-28)40-32-24-16-8-7-15-23(24)31(36-32)39-29-20-12-4-3-11-19(20)27(34-29)37-25/h1-14,34,36,39H,15-16H2,(H,33,35,37,38,40). The third kappa shape index (κ3) is 3.07. The van der Waals surface area contributed by atoms with Crippen LogP contribution in [0, 0.1) is 0 Å². The highest BCUT2D eigenvalue weighted by atomic mass is 15.1. The van der Waals surface area contributed by atoms with E-state index in [2.05, 4.69) is 68.8 Å². The Morgan fingerprint density at radius 1 is 0.475 bits per heavy atom. The maximum Gasteiger partial charge on any atom is 0.164 e. The molecule has 0 saturated carbocycles. The molecule has 0 amide bonds. The van der Waals surface area contributed by atoms with Gasteiger partial charge in [0.2, 0.25) is 0 Å². The maximum absolute atomic E-state index is 5.10. The van der Waals surface area contributed by atoms with Gasteiger partial charge in [0.1, 0.15) is 34.2 Å². The molecule has 0 atom stereocenters. The summed E-state index contributed by atoms with van der Waals surface area (Å²) in [5.41, 5.74) is 5.78. The molecule has 8 bridgehead atoms. The number of anilines is 2. The molecule has 190 valence electrons. The molecule has 4 N–H and O–H groups in total. The number of allylic oxidation sites excluding steroid dienone is 2. The van der Waals surface area contributed by atoms with Gasteiger partial charge in [-0.1, -0.05) is 84.9 Å². The molecule has 0 fully saturated rings. The van der Waals surface area contributed by atoms with E-state index in [0.717, 1.165) is 79.8 Å². The van der Waals surface area contributed by atoms with Gasteiger partial charge in [-0.2, -0.15) is 0 Å². The number of aliphatic imine (C=N–C) groups is 2. The molecule has 9 rings (SSSR count). The third-order valence-corrected chi connectivity index (χ3v) is 7.90. The number of rotatable bonds is 0. The van der Waals surface area contributed by atoms with Crippen molar-refractivity contribution in [3.8, 4) is 0 Å². The first kappa shape index (κ1) is 21.4. The molecule has 3 aliphatic rings. The topological polar surface area (TPSA) is 109 Å². The number of aromatic nitrogens is 3. The Morgan fingerprint density at radius 3 is 1.85 bits per heavy atom. The van der Waals surface area contributed by atoms with Crippen molar-refractivity contribution in [3.05, 3.63) is 118 Å². The molecule has 5 heterocycles. The first-order valence-electron chi connectivity index (χ1n) is 13.4. The summed E-state index contributed by atoms with van der Waals surface area (Å²) in [5.74, 6) is 4.68. The second kappa shape index (κ2) is 8.00. The van der Waals surface area contributed by atoms with Crippen LogP contribution in [-0.2, 0) is 12.8 Å². The van der Waals surface area contributed by atoms with E-state index in [1.807, 2.05) is 36.4 Å². The van der Waals surface area contributed by atoms with Gasteiger partial charge in [-0.15, -0.1) is 0 Å². The highest BCUT2D eigenvalue weighted by Gasteiger charge is 2.25. The fraction of sp³-hybridized carbons (Fsp3) is 0.0625. The van der Waals surface area contributed by atoms with Crippen molar-refractivity contribution in [1.82, 2.24) is 15.0 Å². The monoisotopic (exact) mass is 518 g/mol. The van der Waals surface area contributed by atoms with E-state index < -0.39 is 0 Å². The van der Waals surface area contributed by atoms with Crippen LogP contribution in [0.15, 0.2) is 105 Å². The van der Waals surface area contributed by atoms with Crippen LogP contribution < -0.4 is 16.3 Å². The van der Waals surface area contributed by atoms with Gasteiger partial charge in [-0.3, -0.25) is 0 Å². The Morgan fingerprint density at radius 2 is 1.07 bits per heavy atom. The van der Waals surface area contributed by atoms with E-state index in [1.165, 1.54) is 11.1 Å². The van der Waals surface area contributed by atoms with Gasteiger partial charge < -0.3 is 20.3 Å². The highest BCUT2D eigenvalue weighted by Crippen LogP contribution is 2.39. The van der Waals surface area contributed by atoms with E-state index in [9.17, 15) is 0 Å². The Balaban J connectivity index is 1.41. The average molecular weight is 519 g/mol. The smallest absolute Gasteiger partial charge is 0.164 e. The molecule has 3 aromatic carbocycles. The minimum Gasteiger partial charge on any atom is -0.327 e.